The Kier molecular flexibility index (Phi) is 7.12. The average molecular weight is 322 g/mol. The van der Waals surface area contributed by atoms with Crippen LogP contribution in [0.5, 0.6) is 0 Å². The molecule has 5 nitrogen and oxygen atoms in total. The molecule has 0 saturated carbocycles. The summed E-state index contributed by atoms with van der Waals surface area (Å²) in [6, 6.07) is 3.57. The van der Waals surface area contributed by atoms with Crippen molar-refractivity contribution in [2.24, 2.45) is 11.8 Å². The maximum Gasteiger partial charge on any atom is 0.323 e. The Morgan fingerprint density at radius 1 is 1.48 bits per heavy atom. The first-order valence-electron chi connectivity index (χ1n) is 8.74. The molecule has 0 bridgehead atoms. The molecule has 1 aliphatic rings. The maximum absolute atomic E-state index is 12.2. The number of nitrogens with one attached hydrogen (secondary N) is 2. The minimum absolute atomic E-state index is 0.158. The van der Waals surface area contributed by atoms with Gasteiger partial charge in [-0.2, -0.15) is 0 Å². The lowest BCUT2D eigenvalue weighted by molar-refractivity contribution is -0.153. The number of ether oxygens (including phenoxy) is 2. The highest BCUT2D eigenvalue weighted by atomic mass is 16.5. The molecule has 1 aromatic heterocycles. The molecule has 5 heteroatoms. The molecule has 2 heterocycles. The largest absolute Gasteiger partial charge is 0.468 e. The van der Waals surface area contributed by atoms with E-state index in [2.05, 4.69) is 24.1 Å². The number of unbranched alkanes of at least 4 members (excludes halogenated alkanes) is 2. The van der Waals surface area contributed by atoms with E-state index in [0.29, 0.717) is 12.5 Å². The summed E-state index contributed by atoms with van der Waals surface area (Å²) in [5, 5.41) is 3.30. The Morgan fingerprint density at radius 2 is 2.30 bits per heavy atom. The van der Waals surface area contributed by atoms with Gasteiger partial charge >= 0.3 is 5.97 Å². The molecule has 130 valence electrons. The minimum atomic E-state index is -0.310. The van der Waals surface area contributed by atoms with Crippen LogP contribution in [0.25, 0.3) is 0 Å². The Balaban J connectivity index is 1.94. The summed E-state index contributed by atoms with van der Waals surface area (Å²) >= 11 is 0. The van der Waals surface area contributed by atoms with Gasteiger partial charge in [-0.1, -0.05) is 39.5 Å². The van der Waals surface area contributed by atoms with Gasteiger partial charge in [0.15, 0.2) is 0 Å². The quantitative estimate of drug-likeness (QED) is 0.569. The van der Waals surface area contributed by atoms with Gasteiger partial charge in [-0.15, -0.1) is 0 Å². The van der Waals surface area contributed by atoms with Crippen molar-refractivity contribution in [3.8, 4) is 0 Å². The van der Waals surface area contributed by atoms with Crippen molar-refractivity contribution in [2.45, 2.75) is 58.2 Å². The Morgan fingerprint density at radius 3 is 2.96 bits per heavy atom. The number of rotatable bonds is 8. The topological polar surface area (TPSA) is 63.3 Å². The van der Waals surface area contributed by atoms with Crippen LogP contribution in [0, 0.1) is 11.8 Å². The third kappa shape index (κ3) is 5.08. The lowest BCUT2D eigenvalue weighted by atomic mass is 9.86. The summed E-state index contributed by atoms with van der Waals surface area (Å²) in [7, 11) is 1.45. The van der Waals surface area contributed by atoms with E-state index in [1.54, 1.807) is 0 Å². The van der Waals surface area contributed by atoms with Gasteiger partial charge in [0.05, 0.1) is 19.4 Å². The monoisotopic (exact) mass is 322 g/mol. The lowest BCUT2D eigenvalue weighted by Gasteiger charge is -2.36. The van der Waals surface area contributed by atoms with Gasteiger partial charge in [0.1, 0.15) is 12.3 Å². The molecule has 0 aliphatic carbocycles. The first-order chi connectivity index (χ1) is 11.2. The van der Waals surface area contributed by atoms with E-state index in [1.807, 2.05) is 18.3 Å². The zero-order valence-electron chi connectivity index (χ0n) is 14.5. The number of H-pyrrole nitrogens is 1. The van der Waals surface area contributed by atoms with Crippen molar-refractivity contribution in [2.75, 3.05) is 13.7 Å². The van der Waals surface area contributed by atoms with Gasteiger partial charge in [-0.3, -0.25) is 10.1 Å². The summed E-state index contributed by atoms with van der Waals surface area (Å²) in [4.78, 5) is 15.3. The Bertz CT molecular complexity index is 461. The summed E-state index contributed by atoms with van der Waals surface area (Å²) in [5.74, 6) is 0.548. The summed E-state index contributed by atoms with van der Waals surface area (Å²) in [6.45, 7) is 5.06. The molecule has 0 spiro atoms. The molecule has 1 aromatic rings. The van der Waals surface area contributed by atoms with Crippen LogP contribution >= 0.6 is 0 Å². The summed E-state index contributed by atoms with van der Waals surface area (Å²) in [5.41, 5.74) is 0.938. The molecule has 1 saturated heterocycles. The van der Waals surface area contributed by atoms with Gasteiger partial charge in [-0.05, 0) is 24.5 Å². The highest BCUT2D eigenvalue weighted by Crippen LogP contribution is 2.28. The van der Waals surface area contributed by atoms with Gasteiger partial charge < -0.3 is 14.5 Å². The molecule has 1 fully saturated rings. The average Bonchev–Trinajstić information content (AvgIpc) is 3.09. The zero-order chi connectivity index (χ0) is 16.7. The standard InChI is InChI=1S/C18H30N2O3/c1-4-5-6-8-13(2)11-14-12-23-17(15-9-7-10-19-15)20-16(14)18(21)22-3/h7,9-10,13-14,16-17,19-20H,4-6,8,11-12H2,1-3H3/t13?,14-,16+,17+/m0/s1. The highest BCUT2D eigenvalue weighted by Gasteiger charge is 2.37. The third-order valence-corrected chi connectivity index (χ3v) is 4.64. The molecule has 2 rings (SSSR count). The minimum Gasteiger partial charge on any atom is -0.468 e. The van der Waals surface area contributed by atoms with Crippen LogP contribution in [0.4, 0.5) is 0 Å². The van der Waals surface area contributed by atoms with Crippen molar-refractivity contribution in [3.05, 3.63) is 24.0 Å². The van der Waals surface area contributed by atoms with E-state index in [4.69, 9.17) is 9.47 Å². The van der Waals surface area contributed by atoms with E-state index < -0.39 is 0 Å². The van der Waals surface area contributed by atoms with E-state index in [1.165, 1.54) is 32.8 Å². The predicted octanol–water partition coefficient (Wildman–Crippen LogP) is 3.40. The van der Waals surface area contributed by atoms with E-state index in [9.17, 15) is 4.79 Å². The smallest absolute Gasteiger partial charge is 0.323 e. The molecule has 0 amide bonds. The molecule has 1 aliphatic heterocycles. The number of hydrogen-bond donors (Lipinski definition) is 2. The first kappa shape index (κ1) is 18.0. The molecule has 4 atom stereocenters. The van der Waals surface area contributed by atoms with E-state index >= 15 is 0 Å². The number of carbonyl (C=O) groups excluding carboxylic acids is 1. The number of esters is 1. The highest BCUT2D eigenvalue weighted by molar-refractivity contribution is 5.76. The number of aromatic amines is 1. The Hall–Kier alpha value is -1.33. The second-order valence-corrected chi connectivity index (χ2v) is 6.60. The molecule has 1 unspecified atom stereocenters. The SMILES string of the molecule is CCCCCC(C)C[C@H]1CO[C@H](c2ccc[nH]2)N[C@H]1C(=O)OC. The van der Waals surface area contributed by atoms with Crippen molar-refractivity contribution in [1.29, 1.82) is 0 Å². The summed E-state index contributed by atoms with van der Waals surface area (Å²) in [6.07, 6.45) is 7.54. The number of hydrogen-bond acceptors (Lipinski definition) is 4. The van der Waals surface area contributed by atoms with Crippen LogP contribution in [0.3, 0.4) is 0 Å². The predicted molar refractivity (Wildman–Crippen MR) is 89.8 cm³/mol. The van der Waals surface area contributed by atoms with Crippen LogP contribution in [0.1, 0.15) is 57.9 Å². The maximum atomic E-state index is 12.2. The molecule has 0 radical (unpaired) electrons. The second-order valence-electron chi connectivity index (χ2n) is 6.60. The van der Waals surface area contributed by atoms with E-state index in [-0.39, 0.29) is 24.2 Å². The van der Waals surface area contributed by atoms with Crippen molar-refractivity contribution in [3.63, 3.8) is 0 Å². The van der Waals surface area contributed by atoms with Crippen LogP contribution in [0.15, 0.2) is 18.3 Å². The fraction of sp³-hybridized carbons (Fsp3) is 0.722. The summed E-state index contributed by atoms with van der Waals surface area (Å²) < 4.78 is 10.9. The molecule has 0 aromatic carbocycles. The normalized spacial score (nSPS) is 26.0. The molecular weight excluding hydrogens is 292 g/mol. The molecular formula is C18H30N2O3. The zero-order valence-corrected chi connectivity index (χ0v) is 14.5. The second kappa shape index (κ2) is 9.08. The van der Waals surface area contributed by atoms with E-state index in [0.717, 1.165) is 12.1 Å². The van der Waals surface area contributed by atoms with Crippen LogP contribution in [-0.2, 0) is 14.3 Å². The van der Waals surface area contributed by atoms with Crippen molar-refractivity contribution < 1.29 is 14.3 Å². The fourth-order valence-electron chi connectivity index (χ4n) is 3.32. The van der Waals surface area contributed by atoms with Crippen molar-refractivity contribution >= 4 is 5.97 Å². The first-order valence-corrected chi connectivity index (χ1v) is 8.74. The van der Waals surface area contributed by atoms with Gasteiger partial charge in [0.25, 0.3) is 0 Å². The lowest BCUT2D eigenvalue weighted by Crippen LogP contribution is -2.52. The Labute approximate surface area is 139 Å². The third-order valence-electron chi connectivity index (χ3n) is 4.64. The van der Waals surface area contributed by atoms with Gasteiger partial charge in [-0.25, -0.2) is 0 Å². The fourth-order valence-corrected chi connectivity index (χ4v) is 3.32. The number of aromatic nitrogens is 1. The van der Waals surface area contributed by atoms with Gasteiger partial charge in [0.2, 0.25) is 0 Å². The molecule has 23 heavy (non-hydrogen) atoms. The number of carbonyl (C=O) groups is 1. The number of methoxy groups -OCH3 is 1. The van der Waals surface area contributed by atoms with Gasteiger partial charge in [0, 0.05) is 12.1 Å². The van der Waals surface area contributed by atoms with Crippen molar-refractivity contribution in [1.82, 2.24) is 10.3 Å². The van der Waals surface area contributed by atoms with Crippen LogP contribution < -0.4 is 5.32 Å². The van der Waals surface area contributed by atoms with Crippen LogP contribution in [0.2, 0.25) is 0 Å². The van der Waals surface area contributed by atoms with Crippen LogP contribution in [-0.4, -0.2) is 30.7 Å². The molecule has 2 N–H and O–H groups in total.